The molecule has 82 valence electrons. The molecular weight excluding hydrogens is 212 g/mol. The zero-order valence-corrected chi connectivity index (χ0v) is 9.71. The molecule has 1 aliphatic heterocycles. The predicted octanol–water partition coefficient (Wildman–Crippen LogP) is 2.22. The monoisotopic (exact) mass is 226 g/mol. The minimum atomic E-state index is 0.419. The number of rotatable bonds is 3. The van der Waals surface area contributed by atoms with Crippen molar-refractivity contribution in [3.8, 4) is 0 Å². The Hall–Kier alpha value is -0.930. The fourth-order valence-corrected chi connectivity index (χ4v) is 1.72. The van der Waals surface area contributed by atoms with E-state index in [9.17, 15) is 0 Å². The molecule has 0 aliphatic carbocycles. The molecule has 0 amide bonds. The summed E-state index contributed by atoms with van der Waals surface area (Å²) in [6.07, 6.45) is 0. The number of benzene rings is 1. The standard InChI is InChI=1S/C11H15ClN2O/c1-14(2)11-4-3-8(12)5-10(11)13-9-6-15-7-9/h3-5,9,13H,6-7H2,1-2H3. The van der Waals surface area contributed by atoms with Crippen LogP contribution in [0, 0.1) is 0 Å². The molecule has 0 aromatic heterocycles. The van der Waals surface area contributed by atoms with E-state index in [4.69, 9.17) is 16.3 Å². The third-order valence-electron chi connectivity index (χ3n) is 2.44. The fraction of sp³-hybridized carbons (Fsp3) is 0.455. The van der Waals surface area contributed by atoms with Crippen LogP contribution in [-0.2, 0) is 4.74 Å². The van der Waals surface area contributed by atoms with E-state index in [0.29, 0.717) is 6.04 Å². The lowest BCUT2D eigenvalue weighted by molar-refractivity contribution is 0.0211. The molecule has 1 aromatic rings. The first-order chi connectivity index (χ1) is 7.16. The topological polar surface area (TPSA) is 24.5 Å². The van der Waals surface area contributed by atoms with E-state index in [-0.39, 0.29) is 0 Å². The fourth-order valence-electron chi connectivity index (χ4n) is 1.55. The lowest BCUT2D eigenvalue weighted by atomic mass is 10.2. The van der Waals surface area contributed by atoms with Gasteiger partial charge in [0, 0.05) is 19.1 Å². The quantitative estimate of drug-likeness (QED) is 0.856. The number of ether oxygens (including phenoxy) is 1. The third kappa shape index (κ3) is 2.36. The summed E-state index contributed by atoms with van der Waals surface area (Å²) in [5.41, 5.74) is 2.21. The SMILES string of the molecule is CN(C)c1ccc(Cl)cc1NC1COC1. The van der Waals surface area contributed by atoms with Gasteiger partial charge < -0.3 is 15.0 Å². The molecule has 0 saturated carbocycles. The van der Waals surface area contributed by atoms with Gasteiger partial charge in [-0.3, -0.25) is 0 Å². The van der Waals surface area contributed by atoms with Crippen molar-refractivity contribution < 1.29 is 4.74 Å². The molecule has 1 N–H and O–H groups in total. The largest absolute Gasteiger partial charge is 0.377 e. The van der Waals surface area contributed by atoms with E-state index in [1.165, 1.54) is 0 Å². The van der Waals surface area contributed by atoms with Gasteiger partial charge in [0.1, 0.15) is 0 Å². The molecule has 1 aromatic carbocycles. The lowest BCUT2D eigenvalue weighted by Crippen LogP contribution is -2.40. The number of hydrogen-bond acceptors (Lipinski definition) is 3. The first-order valence-electron chi connectivity index (χ1n) is 4.98. The van der Waals surface area contributed by atoms with Gasteiger partial charge in [-0.25, -0.2) is 0 Å². The van der Waals surface area contributed by atoms with Gasteiger partial charge in [-0.15, -0.1) is 0 Å². The molecule has 1 aliphatic rings. The predicted molar refractivity (Wildman–Crippen MR) is 64.0 cm³/mol. The molecule has 1 fully saturated rings. The Morgan fingerprint density at radius 2 is 2.13 bits per heavy atom. The van der Waals surface area contributed by atoms with Gasteiger partial charge in [0.25, 0.3) is 0 Å². The maximum absolute atomic E-state index is 5.98. The van der Waals surface area contributed by atoms with Gasteiger partial charge in [0.2, 0.25) is 0 Å². The van der Waals surface area contributed by atoms with Crippen LogP contribution in [0.1, 0.15) is 0 Å². The van der Waals surface area contributed by atoms with Gasteiger partial charge in [0.15, 0.2) is 0 Å². The summed E-state index contributed by atoms with van der Waals surface area (Å²) in [6, 6.07) is 6.29. The first-order valence-corrected chi connectivity index (χ1v) is 5.36. The Balaban J connectivity index is 2.21. The van der Waals surface area contributed by atoms with Crippen molar-refractivity contribution in [2.75, 3.05) is 37.5 Å². The molecule has 0 unspecified atom stereocenters. The second kappa shape index (κ2) is 4.29. The summed E-state index contributed by atoms with van der Waals surface area (Å²) in [7, 11) is 4.04. The van der Waals surface area contributed by atoms with Crippen LogP contribution in [0.2, 0.25) is 5.02 Å². The molecule has 2 rings (SSSR count). The van der Waals surface area contributed by atoms with Crippen LogP contribution >= 0.6 is 11.6 Å². The van der Waals surface area contributed by atoms with Crippen molar-refractivity contribution in [1.29, 1.82) is 0 Å². The Morgan fingerprint density at radius 1 is 1.40 bits per heavy atom. The molecule has 0 atom stereocenters. The maximum Gasteiger partial charge on any atom is 0.0729 e. The Kier molecular flexibility index (Phi) is 3.03. The Labute approximate surface area is 95.0 Å². The normalized spacial score (nSPS) is 15.9. The number of anilines is 2. The van der Waals surface area contributed by atoms with Crippen molar-refractivity contribution in [3.05, 3.63) is 23.2 Å². The summed E-state index contributed by atoms with van der Waals surface area (Å²) >= 11 is 5.98. The van der Waals surface area contributed by atoms with Gasteiger partial charge in [0.05, 0.1) is 30.6 Å². The van der Waals surface area contributed by atoms with E-state index in [1.807, 2.05) is 32.3 Å². The molecule has 1 saturated heterocycles. The van der Waals surface area contributed by atoms with Crippen molar-refractivity contribution in [2.24, 2.45) is 0 Å². The summed E-state index contributed by atoms with van der Waals surface area (Å²) in [5.74, 6) is 0. The molecule has 1 heterocycles. The highest BCUT2D eigenvalue weighted by molar-refractivity contribution is 6.31. The van der Waals surface area contributed by atoms with Crippen LogP contribution in [0.5, 0.6) is 0 Å². The smallest absolute Gasteiger partial charge is 0.0729 e. The van der Waals surface area contributed by atoms with E-state index in [0.717, 1.165) is 29.6 Å². The van der Waals surface area contributed by atoms with Crippen LogP contribution in [-0.4, -0.2) is 33.4 Å². The summed E-state index contributed by atoms with van der Waals surface area (Å²) in [4.78, 5) is 2.07. The van der Waals surface area contributed by atoms with E-state index >= 15 is 0 Å². The molecule has 0 spiro atoms. The Bertz CT molecular complexity index is 350. The van der Waals surface area contributed by atoms with Crippen molar-refractivity contribution in [3.63, 3.8) is 0 Å². The first kappa shape index (κ1) is 10.6. The van der Waals surface area contributed by atoms with Gasteiger partial charge >= 0.3 is 0 Å². The third-order valence-corrected chi connectivity index (χ3v) is 2.67. The van der Waals surface area contributed by atoms with Gasteiger partial charge in [-0.2, -0.15) is 0 Å². The molecular formula is C11H15ClN2O. The molecule has 15 heavy (non-hydrogen) atoms. The molecule has 3 nitrogen and oxygen atoms in total. The lowest BCUT2D eigenvalue weighted by Gasteiger charge is -2.30. The average Bonchev–Trinajstić information content (AvgIpc) is 2.11. The number of halogens is 1. The van der Waals surface area contributed by atoms with E-state index < -0.39 is 0 Å². The molecule has 4 heteroatoms. The molecule has 0 bridgehead atoms. The van der Waals surface area contributed by atoms with Crippen LogP contribution in [0.3, 0.4) is 0 Å². The van der Waals surface area contributed by atoms with Crippen molar-refractivity contribution >= 4 is 23.0 Å². The van der Waals surface area contributed by atoms with Crippen LogP contribution in [0.4, 0.5) is 11.4 Å². The minimum Gasteiger partial charge on any atom is -0.377 e. The highest BCUT2D eigenvalue weighted by Crippen LogP contribution is 2.29. The number of hydrogen-bond donors (Lipinski definition) is 1. The van der Waals surface area contributed by atoms with E-state index in [1.54, 1.807) is 0 Å². The van der Waals surface area contributed by atoms with Gasteiger partial charge in [-0.1, -0.05) is 11.6 Å². The van der Waals surface area contributed by atoms with Crippen LogP contribution in [0.15, 0.2) is 18.2 Å². The zero-order chi connectivity index (χ0) is 10.8. The highest BCUT2D eigenvalue weighted by atomic mass is 35.5. The van der Waals surface area contributed by atoms with Crippen LogP contribution < -0.4 is 10.2 Å². The second-order valence-corrected chi connectivity index (χ2v) is 4.37. The summed E-state index contributed by atoms with van der Waals surface area (Å²) < 4.78 is 5.13. The second-order valence-electron chi connectivity index (χ2n) is 3.93. The Morgan fingerprint density at radius 3 is 2.67 bits per heavy atom. The maximum atomic E-state index is 5.98. The van der Waals surface area contributed by atoms with E-state index in [2.05, 4.69) is 10.2 Å². The summed E-state index contributed by atoms with van der Waals surface area (Å²) in [6.45, 7) is 1.55. The van der Waals surface area contributed by atoms with Crippen molar-refractivity contribution in [1.82, 2.24) is 0 Å². The average molecular weight is 227 g/mol. The highest BCUT2D eigenvalue weighted by Gasteiger charge is 2.19. The van der Waals surface area contributed by atoms with Crippen molar-refractivity contribution in [2.45, 2.75) is 6.04 Å². The van der Waals surface area contributed by atoms with Crippen LogP contribution in [0.25, 0.3) is 0 Å². The summed E-state index contributed by atoms with van der Waals surface area (Å²) in [5, 5.41) is 4.17. The van der Waals surface area contributed by atoms with Gasteiger partial charge in [-0.05, 0) is 18.2 Å². The minimum absolute atomic E-state index is 0.419. The molecule has 0 radical (unpaired) electrons. The zero-order valence-electron chi connectivity index (χ0n) is 8.96. The number of nitrogens with zero attached hydrogens (tertiary/aromatic N) is 1. The number of nitrogens with one attached hydrogen (secondary N) is 1.